The summed E-state index contributed by atoms with van der Waals surface area (Å²) in [6, 6.07) is 28.3. The molecule has 8 aromatic rings. The van der Waals surface area contributed by atoms with Crippen LogP contribution >= 0.6 is 46.4 Å². The Bertz CT molecular complexity index is 2840. The minimum absolute atomic E-state index is 0.0167. The average molecular weight is 921 g/mol. The fraction of sp³-hybridized carbons (Fsp3) is 0.109. The number of phenols is 2. The monoisotopic (exact) mass is 918 g/mol. The summed E-state index contributed by atoms with van der Waals surface area (Å²) < 4.78 is 36.2. The zero-order chi connectivity index (χ0) is 45.1. The Morgan fingerprint density at radius 2 is 1.29 bits per heavy atom. The number of hydrogen-bond donors (Lipinski definition) is 4. The van der Waals surface area contributed by atoms with E-state index in [0.29, 0.717) is 43.3 Å². The van der Waals surface area contributed by atoms with Gasteiger partial charge in [0.2, 0.25) is 0 Å². The number of para-hydroxylation sites is 1. The van der Waals surface area contributed by atoms with Crippen LogP contribution in [0.25, 0.3) is 21.8 Å². The second-order valence-electron chi connectivity index (χ2n) is 13.6. The Labute approximate surface area is 375 Å². The minimum Gasteiger partial charge on any atom is -0.506 e. The van der Waals surface area contributed by atoms with Crippen LogP contribution < -0.4 is 11.1 Å². The second kappa shape index (κ2) is 21.1. The van der Waals surface area contributed by atoms with Crippen LogP contribution in [0.15, 0.2) is 128 Å². The number of carbonyl (C=O) groups is 1. The van der Waals surface area contributed by atoms with E-state index in [0.717, 1.165) is 51.2 Å². The third kappa shape index (κ3) is 12.2. The summed E-state index contributed by atoms with van der Waals surface area (Å²) in [5, 5.41) is 27.4. The van der Waals surface area contributed by atoms with E-state index in [4.69, 9.17) is 52.1 Å². The standard InChI is InChI=1S/C23H19Cl2N3O.C9H7NO.C8H4ClF3O.C6H7ClN2/c1-13-5-8-19(25)18(10-13)21(28-23-14(2)11-16(24)12-27-23)17-7-6-15-4-3-9-26-20(15)22(17)29;11-8-5-1-3-7-4-2-6-10-9(7)8;9-7-2-1-6(8(10,11)12)3-5(7)4-13;1-4-2-5(7)3-9-6(4)8/h3-12,21,29H,1-2H3,(H,27,28);1-6,11H;1-4H;2-3H,1H3,(H2,8,9). The number of hydrogen-bond acceptors (Lipinski definition) is 9. The van der Waals surface area contributed by atoms with Crippen LogP contribution in [-0.2, 0) is 6.18 Å². The molecule has 318 valence electrons. The number of aldehydes is 1. The zero-order valence-corrected chi connectivity index (χ0v) is 36.1. The highest BCUT2D eigenvalue weighted by Gasteiger charge is 2.31. The highest BCUT2D eigenvalue weighted by molar-refractivity contribution is 6.33. The van der Waals surface area contributed by atoms with Crippen LogP contribution in [0.1, 0.15) is 49.8 Å². The fourth-order valence-electron chi connectivity index (χ4n) is 5.86. The van der Waals surface area contributed by atoms with Crippen molar-refractivity contribution >= 4 is 86.1 Å². The molecule has 16 heteroatoms. The Morgan fingerprint density at radius 3 is 1.90 bits per heavy atom. The molecule has 0 bridgehead atoms. The van der Waals surface area contributed by atoms with Crippen molar-refractivity contribution < 1.29 is 28.2 Å². The largest absolute Gasteiger partial charge is 0.506 e. The lowest BCUT2D eigenvalue weighted by Gasteiger charge is -2.24. The number of benzene rings is 4. The maximum Gasteiger partial charge on any atom is 0.416 e. The third-order valence-corrected chi connectivity index (χ3v) is 10.1. The number of nitrogens with one attached hydrogen (secondary N) is 1. The summed E-state index contributed by atoms with van der Waals surface area (Å²) in [5.41, 5.74) is 9.98. The van der Waals surface area contributed by atoms with Gasteiger partial charge in [-0.05, 0) is 92.1 Å². The molecule has 0 aliphatic heterocycles. The van der Waals surface area contributed by atoms with Gasteiger partial charge in [-0.15, -0.1) is 0 Å². The van der Waals surface area contributed by atoms with Crippen LogP contribution in [0.5, 0.6) is 11.5 Å². The lowest BCUT2D eigenvalue weighted by molar-refractivity contribution is -0.137. The maximum absolute atomic E-state index is 12.1. The fourth-order valence-corrected chi connectivity index (χ4v) is 6.68. The molecule has 0 amide bonds. The van der Waals surface area contributed by atoms with Crippen molar-refractivity contribution in [2.45, 2.75) is 33.0 Å². The van der Waals surface area contributed by atoms with E-state index in [1.807, 2.05) is 87.5 Å². The molecule has 4 aromatic heterocycles. The molecular formula is C46H37Cl4F3N6O3. The van der Waals surface area contributed by atoms with Crippen LogP contribution in [0, 0.1) is 20.8 Å². The number of aromatic hydroxyl groups is 2. The average Bonchev–Trinajstić information content (AvgIpc) is 3.24. The van der Waals surface area contributed by atoms with Crippen LogP contribution in [0.4, 0.5) is 24.8 Å². The van der Waals surface area contributed by atoms with Crippen LogP contribution in [-0.4, -0.2) is 36.4 Å². The number of nitrogens with two attached hydrogens (primary N) is 1. The van der Waals surface area contributed by atoms with Gasteiger partial charge in [-0.1, -0.05) is 100 Å². The second-order valence-corrected chi connectivity index (χ2v) is 15.2. The normalized spacial score (nSPS) is 11.3. The lowest BCUT2D eigenvalue weighted by Crippen LogP contribution is -2.15. The topological polar surface area (TPSA) is 147 Å². The van der Waals surface area contributed by atoms with Gasteiger partial charge in [-0.25, -0.2) is 9.97 Å². The first-order valence-corrected chi connectivity index (χ1v) is 19.9. The maximum atomic E-state index is 12.1. The summed E-state index contributed by atoms with van der Waals surface area (Å²) in [7, 11) is 0. The number of fused-ring (bicyclic) bond motifs is 2. The quantitative estimate of drug-likeness (QED) is 0.124. The number of rotatable bonds is 5. The Hall–Kier alpha value is -6.18. The first kappa shape index (κ1) is 46.9. The van der Waals surface area contributed by atoms with E-state index < -0.39 is 17.8 Å². The van der Waals surface area contributed by atoms with Gasteiger partial charge in [0.05, 0.1) is 26.7 Å². The highest BCUT2D eigenvalue weighted by Crippen LogP contribution is 2.39. The van der Waals surface area contributed by atoms with Gasteiger partial charge in [0, 0.05) is 51.7 Å². The molecule has 0 spiro atoms. The molecule has 9 nitrogen and oxygen atoms in total. The van der Waals surface area contributed by atoms with Crippen LogP contribution in [0.2, 0.25) is 20.1 Å². The number of pyridine rings is 4. The molecule has 5 N–H and O–H groups in total. The van der Waals surface area contributed by atoms with Gasteiger partial charge in [-0.3, -0.25) is 14.8 Å². The summed E-state index contributed by atoms with van der Waals surface area (Å²) in [6.45, 7) is 5.80. The minimum atomic E-state index is -4.44. The van der Waals surface area contributed by atoms with Gasteiger partial charge in [0.25, 0.3) is 0 Å². The molecule has 4 aromatic carbocycles. The van der Waals surface area contributed by atoms with E-state index in [2.05, 4.69) is 25.3 Å². The van der Waals surface area contributed by atoms with Gasteiger partial charge < -0.3 is 21.3 Å². The molecule has 8 rings (SSSR count). The van der Waals surface area contributed by atoms with Crippen molar-refractivity contribution in [3.05, 3.63) is 187 Å². The van der Waals surface area contributed by atoms with Gasteiger partial charge in [-0.2, -0.15) is 13.2 Å². The molecule has 0 saturated heterocycles. The first-order valence-electron chi connectivity index (χ1n) is 18.4. The molecule has 0 radical (unpaired) electrons. The molecule has 0 saturated carbocycles. The van der Waals surface area contributed by atoms with Crippen molar-refractivity contribution in [1.29, 1.82) is 0 Å². The van der Waals surface area contributed by atoms with E-state index in [-0.39, 0.29) is 28.4 Å². The van der Waals surface area contributed by atoms with Crippen LogP contribution in [0.3, 0.4) is 0 Å². The number of carbonyl (C=O) groups excluding carboxylic acids is 1. The smallest absolute Gasteiger partial charge is 0.416 e. The Morgan fingerprint density at radius 1 is 0.677 bits per heavy atom. The number of nitrogens with zero attached hydrogens (tertiary/aromatic N) is 4. The molecule has 0 aliphatic rings. The van der Waals surface area contributed by atoms with Crippen molar-refractivity contribution in [2.75, 3.05) is 11.1 Å². The predicted molar refractivity (Wildman–Crippen MR) is 243 cm³/mol. The number of aryl methyl sites for hydroxylation is 3. The number of alkyl halides is 3. The lowest BCUT2D eigenvalue weighted by atomic mass is 9.95. The molecular weight excluding hydrogens is 883 g/mol. The number of anilines is 2. The van der Waals surface area contributed by atoms with Gasteiger partial charge in [0.1, 0.15) is 34.2 Å². The first-order chi connectivity index (χ1) is 29.5. The zero-order valence-electron chi connectivity index (χ0n) is 33.1. The van der Waals surface area contributed by atoms with Crippen molar-refractivity contribution in [3.63, 3.8) is 0 Å². The summed E-state index contributed by atoms with van der Waals surface area (Å²) in [6.07, 6.45) is 2.30. The number of nitrogen functional groups attached to an aromatic ring is 1. The number of phenolic OH excluding ortho intramolecular Hbond substituents is 2. The summed E-state index contributed by atoms with van der Waals surface area (Å²) in [5.74, 6) is 1.56. The van der Waals surface area contributed by atoms with E-state index in [1.165, 1.54) is 6.20 Å². The molecule has 1 atom stereocenters. The van der Waals surface area contributed by atoms with E-state index >= 15 is 0 Å². The third-order valence-electron chi connectivity index (χ3n) is 9.03. The van der Waals surface area contributed by atoms with E-state index in [9.17, 15) is 28.2 Å². The molecule has 0 aliphatic carbocycles. The molecule has 4 heterocycles. The van der Waals surface area contributed by atoms with E-state index in [1.54, 1.807) is 36.8 Å². The SMILES string of the molecule is Cc1cc(Cl)cnc1N.Cc1ccc(Cl)c(C(Nc2ncc(Cl)cc2C)c2ccc3cccnc3c2O)c1.O=Cc1cc(C(F)(F)F)ccc1Cl.Oc1cccc2cccnc12. The van der Waals surface area contributed by atoms with Gasteiger partial charge in [0.15, 0.2) is 6.29 Å². The van der Waals surface area contributed by atoms with Crippen molar-refractivity contribution in [1.82, 2.24) is 19.9 Å². The highest BCUT2D eigenvalue weighted by atomic mass is 35.5. The Kier molecular flexibility index (Phi) is 15.9. The van der Waals surface area contributed by atoms with Crippen molar-refractivity contribution in [3.8, 4) is 11.5 Å². The molecule has 1 unspecified atom stereocenters. The Balaban J connectivity index is 0.000000180. The summed E-state index contributed by atoms with van der Waals surface area (Å²) in [4.78, 5) is 26.9. The predicted octanol–water partition coefficient (Wildman–Crippen LogP) is 13.2. The number of halogens is 7. The number of aromatic nitrogens is 4. The van der Waals surface area contributed by atoms with Gasteiger partial charge >= 0.3 is 6.18 Å². The molecule has 62 heavy (non-hydrogen) atoms. The molecule has 0 fully saturated rings. The summed E-state index contributed by atoms with van der Waals surface area (Å²) >= 11 is 23.7. The van der Waals surface area contributed by atoms with Crippen molar-refractivity contribution in [2.24, 2.45) is 0 Å².